The molecule has 0 saturated carbocycles. The lowest BCUT2D eigenvalue weighted by atomic mass is 9.86. The van der Waals surface area contributed by atoms with Gasteiger partial charge in [0.1, 0.15) is 24.5 Å². The summed E-state index contributed by atoms with van der Waals surface area (Å²) in [4.78, 5) is 12.7. The monoisotopic (exact) mass is 485 g/mol. The van der Waals surface area contributed by atoms with Gasteiger partial charge in [-0.3, -0.25) is 4.79 Å². The summed E-state index contributed by atoms with van der Waals surface area (Å²) in [7, 11) is 0. The van der Waals surface area contributed by atoms with Crippen LogP contribution in [0.2, 0.25) is 5.02 Å². The molecule has 2 aromatic carbocycles. The smallest absolute Gasteiger partial charge is 0.226 e. The summed E-state index contributed by atoms with van der Waals surface area (Å²) in [5.41, 5.74) is 4.36. The lowest BCUT2D eigenvalue weighted by Gasteiger charge is -2.24. The number of aryl methyl sites for hydroxylation is 1. The number of benzene rings is 2. The van der Waals surface area contributed by atoms with E-state index >= 15 is 0 Å². The molecular formula is C25H20ClN7O2. The summed E-state index contributed by atoms with van der Waals surface area (Å²) in [5, 5.41) is 20.7. The van der Waals surface area contributed by atoms with Crippen molar-refractivity contribution >= 4 is 29.0 Å². The fraction of sp³-hybridized carbons (Fsp3) is 0.160. The van der Waals surface area contributed by atoms with Gasteiger partial charge in [0.2, 0.25) is 5.91 Å². The molecule has 0 fully saturated rings. The van der Waals surface area contributed by atoms with Crippen LogP contribution in [0.4, 0.5) is 5.82 Å². The highest BCUT2D eigenvalue weighted by molar-refractivity contribution is 6.31. The van der Waals surface area contributed by atoms with Crippen LogP contribution < -0.4 is 10.1 Å². The van der Waals surface area contributed by atoms with Crippen LogP contribution in [0.25, 0.3) is 11.5 Å². The van der Waals surface area contributed by atoms with Crippen molar-refractivity contribution in [1.29, 1.82) is 0 Å². The summed E-state index contributed by atoms with van der Waals surface area (Å²) < 4.78 is 9.15. The normalized spacial score (nSPS) is 15.1. The van der Waals surface area contributed by atoms with Crippen molar-refractivity contribution in [1.82, 2.24) is 29.6 Å². The van der Waals surface area contributed by atoms with Crippen LogP contribution >= 0.6 is 11.6 Å². The molecule has 6 rings (SSSR count). The van der Waals surface area contributed by atoms with Crippen LogP contribution in [0.15, 0.2) is 67.0 Å². The number of carbonyl (C=O) groups is 1. The Bertz CT molecular complexity index is 1560. The standard InChI is InChI=1S/C25H20ClN7O2/c1-15-24-19(16-6-8-18(9-7-16)35-13-17-4-2-3-5-20(17)26)12-23(34)28-25(24)33(30-15)22-11-10-21-29-27-14-32(21)31-22/h2-11,14,19H,12-13H2,1H3,(H,28,34)/t19-/m0/s1. The van der Waals surface area contributed by atoms with Crippen molar-refractivity contribution in [3.63, 3.8) is 0 Å². The number of halogens is 1. The number of nitrogens with one attached hydrogen (secondary N) is 1. The van der Waals surface area contributed by atoms with Crippen LogP contribution in [0.1, 0.15) is 34.7 Å². The Morgan fingerprint density at radius 3 is 2.74 bits per heavy atom. The second-order valence-corrected chi connectivity index (χ2v) is 8.75. The van der Waals surface area contributed by atoms with Gasteiger partial charge >= 0.3 is 0 Å². The topological polar surface area (TPSA) is 99.2 Å². The average Bonchev–Trinajstić information content (AvgIpc) is 3.47. The van der Waals surface area contributed by atoms with Crippen LogP contribution in [-0.2, 0) is 11.4 Å². The minimum absolute atomic E-state index is 0.0759. The molecular weight excluding hydrogens is 466 g/mol. The third kappa shape index (κ3) is 3.89. The first-order valence-electron chi connectivity index (χ1n) is 11.1. The molecule has 1 atom stereocenters. The number of amides is 1. The van der Waals surface area contributed by atoms with Gasteiger partial charge in [-0.05, 0) is 42.8 Å². The minimum Gasteiger partial charge on any atom is -0.489 e. The highest BCUT2D eigenvalue weighted by Gasteiger charge is 2.33. The van der Waals surface area contributed by atoms with Gasteiger partial charge < -0.3 is 10.1 Å². The fourth-order valence-corrected chi connectivity index (χ4v) is 4.59. The first-order valence-corrected chi connectivity index (χ1v) is 11.5. The summed E-state index contributed by atoms with van der Waals surface area (Å²) in [6.45, 7) is 2.32. The minimum atomic E-state index is -0.135. The van der Waals surface area contributed by atoms with E-state index in [9.17, 15) is 4.79 Å². The third-order valence-electron chi connectivity index (χ3n) is 6.10. The van der Waals surface area contributed by atoms with E-state index in [-0.39, 0.29) is 11.8 Å². The number of aromatic nitrogens is 6. The number of nitrogens with zero attached hydrogens (tertiary/aromatic N) is 6. The Labute approximate surface area is 205 Å². The van der Waals surface area contributed by atoms with Gasteiger partial charge in [0.05, 0.1) is 5.69 Å². The lowest BCUT2D eigenvalue weighted by Crippen LogP contribution is -2.25. The maximum atomic E-state index is 12.7. The summed E-state index contributed by atoms with van der Waals surface area (Å²) in [5.74, 6) is 1.71. The molecule has 1 aliphatic heterocycles. The zero-order chi connectivity index (χ0) is 23.9. The molecule has 0 unspecified atom stereocenters. The Kier molecular flexibility index (Phi) is 5.18. The number of ether oxygens (including phenoxy) is 1. The predicted molar refractivity (Wildman–Crippen MR) is 130 cm³/mol. The summed E-state index contributed by atoms with van der Waals surface area (Å²) >= 11 is 6.22. The predicted octanol–water partition coefficient (Wildman–Crippen LogP) is 4.32. The van der Waals surface area contributed by atoms with Crippen molar-refractivity contribution in [3.05, 3.63) is 94.4 Å². The van der Waals surface area contributed by atoms with E-state index in [2.05, 4.69) is 20.6 Å². The maximum Gasteiger partial charge on any atom is 0.226 e. The van der Waals surface area contributed by atoms with Crippen molar-refractivity contribution in [3.8, 4) is 11.6 Å². The Morgan fingerprint density at radius 1 is 1.09 bits per heavy atom. The molecule has 10 heteroatoms. The number of carbonyl (C=O) groups excluding carboxylic acids is 1. The molecule has 35 heavy (non-hydrogen) atoms. The second kappa shape index (κ2) is 8.52. The molecule has 3 aromatic heterocycles. The first-order chi connectivity index (χ1) is 17.1. The Balaban J connectivity index is 1.30. The molecule has 4 heterocycles. The van der Waals surface area contributed by atoms with Crippen molar-refractivity contribution in [2.75, 3.05) is 5.32 Å². The molecule has 1 aliphatic rings. The molecule has 0 saturated heterocycles. The van der Waals surface area contributed by atoms with Crippen LogP contribution in [-0.4, -0.2) is 35.5 Å². The van der Waals surface area contributed by atoms with Crippen molar-refractivity contribution < 1.29 is 9.53 Å². The van der Waals surface area contributed by atoms with E-state index < -0.39 is 0 Å². The van der Waals surface area contributed by atoms with Crippen LogP contribution in [0, 0.1) is 6.92 Å². The lowest BCUT2D eigenvalue weighted by molar-refractivity contribution is -0.116. The van der Waals surface area contributed by atoms with Crippen LogP contribution in [0.5, 0.6) is 5.75 Å². The molecule has 0 spiro atoms. The van der Waals surface area contributed by atoms with E-state index in [1.165, 1.54) is 6.33 Å². The van der Waals surface area contributed by atoms with E-state index in [0.29, 0.717) is 35.3 Å². The number of rotatable bonds is 5. The SMILES string of the molecule is Cc1nn(-c2ccc3nncn3n2)c2c1[C@H](c1ccc(OCc3ccccc3Cl)cc1)CC(=O)N2. The van der Waals surface area contributed by atoms with E-state index in [1.807, 2.05) is 61.5 Å². The second-order valence-electron chi connectivity index (χ2n) is 8.34. The van der Waals surface area contributed by atoms with E-state index in [1.54, 1.807) is 15.3 Å². The highest BCUT2D eigenvalue weighted by Crippen LogP contribution is 2.40. The summed E-state index contributed by atoms with van der Waals surface area (Å²) in [6, 6.07) is 19.0. The number of fused-ring (bicyclic) bond motifs is 2. The fourth-order valence-electron chi connectivity index (χ4n) is 4.40. The Hall–Kier alpha value is -4.24. The van der Waals surface area contributed by atoms with Gasteiger partial charge in [-0.15, -0.1) is 15.3 Å². The largest absolute Gasteiger partial charge is 0.489 e. The van der Waals surface area contributed by atoms with E-state index in [0.717, 1.165) is 28.1 Å². The Morgan fingerprint density at radius 2 is 1.91 bits per heavy atom. The third-order valence-corrected chi connectivity index (χ3v) is 6.47. The van der Waals surface area contributed by atoms with Gasteiger partial charge in [-0.2, -0.15) is 14.3 Å². The number of hydrogen-bond acceptors (Lipinski definition) is 6. The zero-order valence-electron chi connectivity index (χ0n) is 18.7. The van der Waals surface area contributed by atoms with Gasteiger partial charge in [-0.1, -0.05) is 41.9 Å². The van der Waals surface area contributed by atoms with E-state index in [4.69, 9.17) is 21.4 Å². The molecule has 174 valence electrons. The number of anilines is 1. The van der Waals surface area contributed by atoms with Gasteiger partial charge in [0, 0.05) is 28.5 Å². The molecule has 0 aliphatic carbocycles. The molecule has 9 nitrogen and oxygen atoms in total. The van der Waals surface area contributed by atoms with Gasteiger partial charge in [0.15, 0.2) is 11.5 Å². The van der Waals surface area contributed by atoms with Crippen LogP contribution in [0.3, 0.4) is 0 Å². The molecule has 1 N–H and O–H groups in total. The molecule has 0 radical (unpaired) electrons. The molecule has 5 aromatic rings. The first kappa shape index (κ1) is 21.3. The zero-order valence-corrected chi connectivity index (χ0v) is 19.5. The maximum absolute atomic E-state index is 12.7. The van der Waals surface area contributed by atoms with Gasteiger partial charge in [-0.25, -0.2) is 0 Å². The number of hydrogen-bond donors (Lipinski definition) is 1. The van der Waals surface area contributed by atoms with Gasteiger partial charge in [0.25, 0.3) is 0 Å². The van der Waals surface area contributed by atoms with Crippen molar-refractivity contribution in [2.45, 2.75) is 25.9 Å². The van der Waals surface area contributed by atoms with Crippen molar-refractivity contribution in [2.24, 2.45) is 0 Å². The molecule has 1 amide bonds. The average molecular weight is 486 g/mol. The molecule has 0 bridgehead atoms. The summed E-state index contributed by atoms with van der Waals surface area (Å²) in [6.07, 6.45) is 1.86. The quantitative estimate of drug-likeness (QED) is 0.398. The highest BCUT2D eigenvalue weighted by atomic mass is 35.5.